The molecule has 0 unspecified atom stereocenters. The van der Waals surface area contributed by atoms with E-state index in [1.54, 1.807) is 0 Å². The van der Waals surface area contributed by atoms with Crippen LogP contribution in [0.1, 0.15) is 24.7 Å². The Morgan fingerprint density at radius 1 is 0.947 bits per heavy atom. The van der Waals surface area contributed by atoms with Gasteiger partial charge in [-0.15, -0.1) is 0 Å². The Bertz CT molecular complexity index is 456. The summed E-state index contributed by atoms with van der Waals surface area (Å²) in [6, 6.07) is 12.5. The highest BCUT2D eigenvalue weighted by molar-refractivity contribution is 5.14. The van der Waals surface area contributed by atoms with E-state index in [2.05, 4.69) is 52.1 Å². The second-order valence-electron chi connectivity index (χ2n) is 4.68. The largest absolute Gasteiger partial charge is 0.299 e. The van der Waals surface area contributed by atoms with Crippen molar-refractivity contribution in [2.24, 2.45) is 0 Å². The molecule has 0 atom stereocenters. The molecule has 0 saturated heterocycles. The van der Waals surface area contributed by atoms with Crippen molar-refractivity contribution in [3.63, 3.8) is 0 Å². The summed E-state index contributed by atoms with van der Waals surface area (Å²) in [5.74, 6) is 0.927. The van der Waals surface area contributed by atoms with Crippen molar-refractivity contribution in [1.82, 2.24) is 14.9 Å². The van der Waals surface area contributed by atoms with E-state index < -0.39 is 0 Å². The lowest BCUT2D eigenvalue weighted by Gasteiger charge is -2.21. The first kappa shape index (κ1) is 13.7. The Labute approximate surface area is 115 Å². The lowest BCUT2D eigenvalue weighted by molar-refractivity contribution is 0.267. The van der Waals surface area contributed by atoms with Gasteiger partial charge in [-0.2, -0.15) is 0 Å². The van der Waals surface area contributed by atoms with Crippen molar-refractivity contribution in [2.75, 3.05) is 13.1 Å². The van der Waals surface area contributed by atoms with Gasteiger partial charge in [0.25, 0.3) is 0 Å². The van der Waals surface area contributed by atoms with E-state index in [1.165, 1.54) is 12.0 Å². The molecule has 1 heterocycles. The lowest BCUT2D eigenvalue weighted by atomic mass is 10.2. The van der Waals surface area contributed by atoms with E-state index >= 15 is 0 Å². The van der Waals surface area contributed by atoms with Gasteiger partial charge < -0.3 is 0 Å². The zero-order valence-corrected chi connectivity index (χ0v) is 11.5. The topological polar surface area (TPSA) is 29.0 Å². The molecule has 0 fully saturated rings. The lowest BCUT2D eigenvalue weighted by Crippen LogP contribution is -2.27. The van der Waals surface area contributed by atoms with Crippen LogP contribution in [-0.2, 0) is 13.0 Å². The van der Waals surface area contributed by atoms with Crippen LogP contribution < -0.4 is 0 Å². The number of nitrogens with zero attached hydrogens (tertiary/aromatic N) is 3. The molecule has 3 nitrogen and oxygen atoms in total. The summed E-state index contributed by atoms with van der Waals surface area (Å²) >= 11 is 0. The van der Waals surface area contributed by atoms with Crippen LogP contribution in [0.3, 0.4) is 0 Å². The second kappa shape index (κ2) is 7.64. The van der Waals surface area contributed by atoms with Gasteiger partial charge in [0.2, 0.25) is 0 Å². The van der Waals surface area contributed by atoms with Crippen molar-refractivity contribution >= 4 is 0 Å². The Morgan fingerprint density at radius 3 is 2.37 bits per heavy atom. The fraction of sp³-hybridized carbons (Fsp3) is 0.375. The van der Waals surface area contributed by atoms with Crippen LogP contribution in [0.25, 0.3) is 0 Å². The van der Waals surface area contributed by atoms with E-state index in [4.69, 9.17) is 0 Å². The van der Waals surface area contributed by atoms with Crippen molar-refractivity contribution in [3.05, 3.63) is 60.2 Å². The smallest absolute Gasteiger partial charge is 0.129 e. The van der Waals surface area contributed by atoms with Crippen molar-refractivity contribution in [3.8, 4) is 0 Å². The Balaban J connectivity index is 1.89. The molecule has 3 heteroatoms. The standard InChI is InChI=1S/C16H21N3/c1-2-12-19(14-15-7-4-3-5-8-15)13-9-16-17-10-6-11-18-16/h3-8,10-11H,2,9,12-14H2,1H3. The molecule has 100 valence electrons. The van der Waals surface area contributed by atoms with E-state index in [0.29, 0.717) is 0 Å². The van der Waals surface area contributed by atoms with Gasteiger partial charge in [0, 0.05) is 31.9 Å². The number of benzene rings is 1. The Morgan fingerprint density at radius 2 is 1.68 bits per heavy atom. The quantitative estimate of drug-likeness (QED) is 0.761. The molecule has 2 rings (SSSR count). The van der Waals surface area contributed by atoms with Crippen LogP contribution in [0.5, 0.6) is 0 Å². The normalized spacial score (nSPS) is 10.8. The third-order valence-corrected chi connectivity index (χ3v) is 3.06. The van der Waals surface area contributed by atoms with E-state index in [1.807, 2.05) is 18.5 Å². The molecule has 0 saturated carbocycles. The predicted molar refractivity (Wildman–Crippen MR) is 77.7 cm³/mol. The van der Waals surface area contributed by atoms with Crippen molar-refractivity contribution in [2.45, 2.75) is 26.3 Å². The van der Waals surface area contributed by atoms with Gasteiger partial charge in [0.15, 0.2) is 0 Å². The molecule has 0 aliphatic carbocycles. The van der Waals surface area contributed by atoms with Gasteiger partial charge in [-0.05, 0) is 24.6 Å². The maximum absolute atomic E-state index is 4.28. The highest BCUT2D eigenvalue weighted by Gasteiger charge is 2.06. The van der Waals surface area contributed by atoms with Gasteiger partial charge >= 0.3 is 0 Å². The fourth-order valence-electron chi connectivity index (χ4n) is 2.14. The highest BCUT2D eigenvalue weighted by Crippen LogP contribution is 2.06. The van der Waals surface area contributed by atoms with Crippen LogP contribution in [0.15, 0.2) is 48.8 Å². The second-order valence-corrected chi connectivity index (χ2v) is 4.68. The molecule has 2 aromatic rings. The van der Waals surface area contributed by atoms with E-state index in [0.717, 1.165) is 31.9 Å². The van der Waals surface area contributed by atoms with Crippen LogP contribution in [0.4, 0.5) is 0 Å². The van der Waals surface area contributed by atoms with Crippen molar-refractivity contribution in [1.29, 1.82) is 0 Å². The molecule has 0 spiro atoms. The third kappa shape index (κ3) is 4.79. The van der Waals surface area contributed by atoms with Crippen LogP contribution in [-0.4, -0.2) is 28.0 Å². The first-order valence-electron chi connectivity index (χ1n) is 6.90. The van der Waals surface area contributed by atoms with Gasteiger partial charge in [0.05, 0.1) is 0 Å². The maximum Gasteiger partial charge on any atom is 0.129 e. The predicted octanol–water partition coefficient (Wildman–Crippen LogP) is 2.93. The molecule has 0 aliphatic heterocycles. The summed E-state index contributed by atoms with van der Waals surface area (Å²) in [6.45, 7) is 5.34. The Hall–Kier alpha value is -1.74. The van der Waals surface area contributed by atoms with Crippen LogP contribution in [0, 0.1) is 0 Å². The maximum atomic E-state index is 4.28. The molecule has 1 aromatic heterocycles. The molecule has 0 amide bonds. The van der Waals surface area contributed by atoms with Gasteiger partial charge in [-0.1, -0.05) is 37.3 Å². The summed E-state index contributed by atoms with van der Waals surface area (Å²) in [4.78, 5) is 11.0. The molecule has 0 N–H and O–H groups in total. The zero-order valence-electron chi connectivity index (χ0n) is 11.5. The summed E-state index contributed by atoms with van der Waals surface area (Å²) in [7, 11) is 0. The fourth-order valence-corrected chi connectivity index (χ4v) is 2.14. The number of hydrogen-bond donors (Lipinski definition) is 0. The summed E-state index contributed by atoms with van der Waals surface area (Å²) < 4.78 is 0. The molecule has 0 aliphatic rings. The van der Waals surface area contributed by atoms with Gasteiger partial charge in [-0.3, -0.25) is 4.90 Å². The van der Waals surface area contributed by atoms with Crippen molar-refractivity contribution < 1.29 is 0 Å². The first-order valence-corrected chi connectivity index (χ1v) is 6.90. The minimum Gasteiger partial charge on any atom is -0.299 e. The molecular weight excluding hydrogens is 234 g/mol. The molecule has 0 bridgehead atoms. The summed E-state index contributed by atoms with van der Waals surface area (Å²) in [5, 5.41) is 0. The van der Waals surface area contributed by atoms with E-state index in [-0.39, 0.29) is 0 Å². The van der Waals surface area contributed by atoms with Crippen LogP contribution in [0.2, 0.25) is 0 Å². The number of hydrogen-bond acceptors (Lipinski definition) is 3. The van der Waals surface area contributed by atoms with E-state index in [9.17, 15) is 0 Å². The average Bonchev–Trinajstić information content (AvgIpc) is 2.47. The third-order valence-electron chi connectivity index (χ3n) is 3.06. The van der Waals surface area contributed by atoms with Crippen LogP contribution >= 0.6 is 0 Å². The Kier molecular flexibility index (Phi) is 5.50. The minimum absolute atomic E-state index is 0.910. The SMILES string of the molecule is CCCN(CCc1ncccn1)Cc1ccccc1. The van der Waals surface area contributed by atoms with Gasteiger partial charge in [0.1, 0.15) is 5.82 Å². The summed E-state index contributed by atoms with van der Waals surface area (Å²) in [6.07, 6.45) is 5.70. The molecule has 19 heavy (non-hydrogen) atoms. The average molecular weight is 255 g/mol. The number of aromatic nitrogens is 2. The minimum atomic E-state index is 0.910. The summed E-state index contributed by atoms with van der Waals surface area (Å²) in [5.41, 5.74) is 1.37. The number of rotatable bonds is 7. The first-order chi connectivity index (χ1) is 9.38. The molecular formula is C16H21N3. The highest BCUT2D eigenvalue weighted by atomic mass is 15.1. The zero-order chi connectivity index (χ0) is 13.3. The molecule has 0 radical (unpaired) electrons. The molecule has 1 aromatic carbocycles. The monoisotopic (exact) mass is 255 g/mol. The van der Waals surface area contributed by atoms with Gasteiger partial charge in [-0.25, -0.2) is 9.97 Å².